The van der Waals surface area contributed by atoms with Crippen LogP contribution in [0.3, 0.4) is 0 Å². The Labute approximate surface area is 172 Å². The Morgan fingerprint density at radius 3 is 2.17 bits per heavy atom. The highest BCUT2D eigenvalue weighted by atomic mass is 19.4. The highest BCUT2D eigenvalue weighted by molar-refractivity contribution is 5.83. The third-order valence-electron chi connectivity index (χ3n) is 4.18. The summed E-state index contributed by atoms with van der Waals surface area (Å²) in [6.07, 6.45) is -5.29. The molecule has 0 aromatic heterocycles. The van der Waals surface area contributed by atoms with Gasteiger partial charge in [0.15, 0.2) is 6.10 Å². The molecule has 0 fully saturated rings. The number of primary amides is 1. The number of amides is 2. The molecule has 0 unspecified atom stereocenters. The normalized spacial score (nSPS) is 12.1. The maximum Gasteiger partial charge on any atom is 0.416 e. The second-order valence-corrected chi connectivity index (χ2v) is 6.56. The number of halogens is 3. The van der Waals surface area contributed by atoms with Crippen LogP contribution in [0.25, 0.3) is 0 Å². The van der Waals surface area contributed by atoms with Gasteiger partial charge in [-0.1, -0.05) is 37.6 Å². The van der Waals surface area contributed by atoms with E-state index in [4.69, 9.17) is 15.2 Å². The molecule has 0 bridgehead atoms. The number of ether oxygens (including phenoxy) is 2. The van der Waals surface area contributed by atoms with Gasteiger partial charge in [-0.2, -0.15) is 13.2 Å². The van der Waals surface area contributed by atoms with Gasteiger partial charge in [0.25, 0.3) is 5.91 Å². The van der Waals surface area contributed by atoms with Crippen molar-refractivity contribution in [2.45, 2.75) is 45.2 Å². The molecule has 162 valence electrons. The monoisotopic (exact) mass is 424 g/mol. The topological polar surface area (TPSA) is 90.7 Å². The van der Waals surface area contributed by atoms with Gasteiger partial charge >= 0.3 is 12.3 Å². The summed E-state index contributed by atoms with van der Waals surface area (Å²) in [6.45, 7) is 2.20. The molecule has 0 heterocycles. The van der Waals surface area contributed by atoms with Crippen LogP contribution < -0.4 is 15.8 Å². The van der Waals surface area contributed by atoms with Gasteiger partial charge in [0.1, 0.15) is 12.4 Å². The zero-order valence-electron chi connectivity index (χ0n) is 16.4. The number of hydrogen-bond acceptors (Lipinski definition) is 4. The van der Waals surface area contributed by atoms with E-state index in [1.165, 1.54) is 12.1 Å². The van der Waals surface area contributed by atoms with Crippen molar-refractivity contribution in [1.82, 2.24) is 5.32 Å². The van der Waals surface area contributed by atoms with E-state index in [1.807, 2.05) is 6.92 Å². The molecule has 2 aromatic rings. The smallest absolute Gasteiger partial charge is 0.416 e. The number of nitrogens with one attached hydrogen (secondary N) is 1. The Morgan fingerprint density at radius 2 is 1.63 bits per heavy atom. The van der Waals surface area contributed by atoms with Gasteiger partial charge in [0, 0.05) is 6.54 Å². The molecule has 2 aromatic carbocycles. The number of carbonyl (C=O) groups excluding carboxylic acids is 2. The van der Waals surface area contributed by atoms with E-state index in [-0.39, 0.29) is 13.2 Å². The first kappa shape index (κ1) is 23.1. The molecule has 2 rings (SSSR count). The molecule has 1 atom stereocenters. The van der Waals surface area contributed by atoms with Crippen molar-refractivity contribution in [3.63, 3.8) is 0 Å². The quantitative estimate of drug-likeness (QED) is 0.632. The van der Waals surface area contributed by atoms with Crippen molar-refractivity contribution in [1.29, 1.82) is 0 Å². The summed E-state index contributed by atoms with van der Waals surface area (Å²) >= 11 is 0. The van der Waals surface area contributed by atoms with Crippen molar-refractivity contribution in [3.8, 4) is 5.75 Å². The van der Waals surface area contributed by atoms with E-state index in [2.05, 4.69) is 5.32 Å². The zero-order valence-corrected chi connectivity index (χ0v) is 16.4. The first-order valence-corrected chi connectivity index (χ1v) is 9.30. The number of nitrogens with two attached hydrogens (primary N) is 1. The highest BCUT2D eigenvalue weighted by Gasteiger charge is 2.29. The number of alkyl halides is 3. The predicted molar refractivity (Wildman–Crippen MR) is 103 cm³/mol. The lowest BCUT2D eigenvalue weighted by Crippen LogP contribution is -2.38. The van der Waals surface area contributed by atoms with E-state index in [0.717, 1.165) is 17.7 Å². The maximum atomic E-state index is 12.6. The third kappa shape index (κ3) is 7.31. The minimum atomic E-state index is -4.37. The Morgan fingerprint density at radius 1 is 1.03 bits per heavy atom. The first-order valence-electron chi connectivity index (χ1n) is 9.30. The summed E-state index contributed by atoms with van der Waals surface area (Å²) in [4.78, 5) is 23.0. The number of hydrogen-bond donors (Lipinski definition) is 2. The summed E-state index contributed by atoms with van der Waals surface area (Å²) in [5.74, 6) is 0.101. The summed E-state index contributed by atoms with van der Waals surface area (Å²) in [6, 6.07) is 11.6. The molecule has 0 spiro atoms. The average molecular weight is 424 g/mol. The number of benzene rings is 2. The zero-order chi connectivity index (χ0) is 22.1. The standard InChI is InChI=1S/C21H23F3N2O4/c1-2-3-18(30-20(25)28)19(27)26-12-14-6-10-17(11-7-14)29-13-15-4-8-16(9-5-15)21(22,23)24/h4-11,18H,2-3,12-13H2,1H3,(H2,25,28)(H,26,27)/t18-/m0/s1. The fourth-order valence-electron chi connectivity index (χ4n) is 2.61. The molecule has 9 heteroatoms. The minimum Gasteiger partial charge on any atom is -0.489 e. The van der Waals surface area contributed by atoms with Gasteiger partial charge in [0.2, 0.25) is 0 Å². The molecule has 0 saturated carbocycles. The van der Waals surface area contributed by atoms with Gasteiger partial charge in [-0.15, -0.1) is 0 Å². The fraction of sp³-hybridized carbons (Fsp3) is 0.333. The lowest BCUT2D eigenvalue weighted by atomic mass is 10.1. The van der Waals surface area contributed by atoms with Crippen LogP contribution in [0.1, 0.15) is 36.5 Å². The first-order chi connectivity index (χ1) is 14.2. The van der Waals surface area contributed by atoms with Crippen LogP contribution in [0.15, 0.2) is 48.5 Å². The Bertz CT molecular complexity index is 837. The molecule has 0 radical (unpaired) electrons. The van der Waals surface area contributed by atoms with E-state index in [9.17, 15) is 22.8 Å². The predicted octanol–water partition coefficient (Wildman–Crippen LogP) is 4.16. The molecule has 30 heavy (non-hydrogen) atoms. The van der Waals surface area contributed by atoms with Crippen molar-refractivity contribution in [2.75, 3.05) is 0 Å². The van der Waals surface area contributed by atoms with Crippen LogP contribution >= 0.6 is 0 Å². The second-order valence-electron chi connectivity index (χ2n) is 6.56. The van der Waals surface area contributed by atoms with Gasteiger partial charge in [0.05, 0.1) is 5.56 Å². The SMILES string of the molecule is CCC[C@H](OC(N)=O)C(=O)NCc1ccc(OCc2ccc(C(F)(F)F)cc2)cc1. The van der Waals surface area contributed by atoms with E-state index in [1.54, 1.807) is 24.3 Å². The third-order valence-corrected chi connectivity index (χ3v) is 4.18. The summed E-state index contributed by atoms with van der Waals surface area (Å²) in [5.41, 5.74) is 5.67. The van der Waals surface area contributed by atoms with Crippen LogP contribution in [0.4, 0.5) is 18.0 Å². The fourth-order valence-corrected chi connectivity index (χ4v) is 2.61. The molecule has 0 aliphatic heterocycles. The van der Waals surface area contributed by atoms with Crippen LogP contribution in [-0.2, 0) is 28.9 Å². The van der Waals surface area contributed by atoms with Crippen LogP contribution in [0, 0.1) is 0 Å². The molecular weight excluding hydrogens is 401 g/mol. The van der Waals surface area contributed by atoms with Gasteiger partial charge in [-0.25, -0.2) is 4.79 Å². The summed E-state index contributed by atoms with van der Waals surface area (Å²) in [5, 5.41) is 2.68. The Kier molecular flexibility index (Phi) is 8.08. The largest absolute Gasteiger partial charge is 0.489 e. The van der Waals surface area contributed by atoms with Gasteiger partial charge < -0.3 is 20.5 Å². The summed E-state index contributed by atoms with van der Waals surface area (Å²) in [7, 11) is 0. The minimum absolute atomic E-state index is 0.122. The lowest BCUT2D eigenvalue weighted by Gasteiger charge is -2.15. The molecule has 6 nitrogen and oxygen atoms in total. The van der Waals surface area contributed by atoms with Crippen molar-refractivity contribution in [3.05, 3.63) is 65.2 Å². The van der Waals surface area contributed by atoms with Crippen molar-refractivity contribution >= 4 is 12.0 Å². The van der Waals surface area contributed by atoms with Crippen molar-refractivity contribution in [2.24, 2.45) is 5.73 Å². The molecular formula is C21H23F3N2O4. The number of rotatable bonds is 9. The molecule has 0 aliphatic carbocycles. The molecule has 0 aliphatic rings. The van der Waals surface area contributed by atoms with Gasteiger partial charge in [-0.3, -0.25) is 4.79 Å². The molecule has 2 amide bonds. The Hall–Kier alpha value is -3.23. The van der Waals surface area contributed by atoms with E-state index < -0.39 is 29.8 Å². The summed E-state index contributed by atoms with van der Waals surface area (Å²) < 4.78 is 48.1. The van der Waals surface area contributed by atoms with Crippen molar-refractivity contribution < 1.29 is 32.2 Å². The average Bonchev–Trinajstić information content (AvgIpc) is 2.70. The highest BCUT2D eigenvalue weighted by Crippen LogP contribution is 2.29. The maximum absolute atomic E-state index is 12.6. The Balaban J connectivity index is 1.84. The van der Waals surface area contributed by atoms with E-state index >= 15 is 0 Å². The lowest BCUT2D eigenvalue weighted by molar-refractivity contribution is -0.137. The second kappa shape index (κ2) is 10.5. The number of carbonyl (C=O) groups is 2. The van der Waals surface area contributed by atoms with Gasteiger partial charge in [-0.05, 0) is 41.8 Å². The van der Waals surface area contributed by atoms with Crippen LogP contribution in [0.5, 0.6) is 5.75 Å². The van der Waals surface area contributed by atoms with Crippen LogP contribution in [-0.4, -0.2) is 18.1 Å². The molecule has 0 saturated heterocycles. The molecule has 3 N–H and O–H groups in total. The van der Waals surface area contributed by atoms with E-state index in [0.29, 0.717) is 24.2 Å². The van der Waals surface area contributed by atoms with Crippen LogP contribution in [0.2, 0.25) is 0 Å².